The van der Waals surface area contributed by atoms with Crippen LogP contribution in [0.1, 0.15) is 207 Å². The Morgan fingerprint density at radius 1 is 0.162 bits per heavy atom. The average molecular weight is 2260 g/mol. The van der Waals surface area contributed by atoms with Gasteiger partial charge in [0, 0.05) is 47.3 Å². The maximum absolute atomic E-state index is 8.64. The Labute approximate surface area is 1590 Å². The van der Waals surface area contributed by atoms with Gasteiger partial charge in [-0.15, -0.1) is 0 Å². The van der Waals surface area contributed by atoms with Gasteiger partial charge in [0.25, 0.3) is 51.8 Å². The van der Waals surface area contributed by atoms with Gasteiger partial charge in [0.05, 0.1) is 0 Å². The molecule has 10 N–H and O–H groups in total. The van der Waals surface area contributed by atoms with Crippen molar-refractivity contribution in [3.63, 3.8) is 0 Å². The number of carbonyl (C=O) groups is 8. The number of hydrogen-bond donors (Lipinski definition) is 0. The van der Waals surface area contributed by atoms with Gasteiger partial charge in [-0.3, -0.25) is 72.0 Å². The maximum Gasteiger partial charge on any atom is 1.00 e. The van der Waals surface area contributed by atoms with Crippen LogP contribution in [0.4, 0.5) is 0 Å². The summed E-state index contributed by atoms with van der Waals surface area (Å²) in [4.78, 5) is 90.0. The molecular formula is C34H136K22O45S4. The summed E-state index contributed by atoms with van der Waals surface area (Å²) < 4.78 is 136. The van der Waals surface area contributed by atoms with Crippen LogP contribution in [0.15, 0.2) is 0 Å². The Morgan fingerprint density at radius 2 is 0.171 bits per heavy atom. The predicted octanol–water partition coefficient (Wildman–Crippen LogP) is -69.7. The van der Waals surface area contributed by atoms with Gasteiger partial charge in [-0.1, -0.05) is 193 Å². The third-order valence-corrected chi connectivity index (χ3v) is 0.314. The van der Waals surface area contributed by atoms with Crippen LogP contribution in [0.25, 0.3) is 0 Å². The van der Waals surface area contributed by atoms with Crippen LogP contribution in [-0.4, -0.2) is 149 Å². The first-order valence-corrected chi connectivity index (χ1v) is 13.1. The molecule has 0 rings (SSSR count). The van der Waals surface area contributed by atoms with Crippen LogP contribution >= 0.6 is 0 Å². The van der Waals surface area contributed by atoms with Crippen molar-refractivity contribution in [2.45, 2.75) is 193 Å². The molecule has 0 heterocycles. The molecule has 0 aliphatic heterocycles. The van der Waals surface area contributed by atoms with Gasteiger partial charge in [0.1, 0.15) is 0 Å². The van der Waals surface area contributed by atoms with Gasteiger partial charge in [-0.25, -0.2) is 0 Å². The molecule has 0 spiro atoms. The van der Waals surface area contributed by atoms with Crippen LogP contribution in [0.5, 0.6) is 0 Å². The standard InChI is InChI=1S/8CH2O3.26CH4.22K.4H2O4S.5H2O.4H2.6H/c8*2-1-4-3;;;;;;;;;;;;;;;;;;;;;;;;;;;;;;;;;;;;;;;;;;;;;;;;;4*1-5(2,3)4;;;;;;;;;;;;;;;/h8*1,3H;26*1H4;;;;;;;;;;;;;;;;;;;;;;;4*(H2,1,2,3,4);5*1H2;4*1H;;;;;;/q;;;;;;;;;;;;;;;;;;;;;;;;;;;;;;;;;;22*+1;;;;;;;;;;;;;;6*-1/p-16/i;;;;;;;;;;;;;;;;;;;;;;;;;;;;;;;;;;;;;;;;;;;;;;;;;;;;;;;;;;;;;;;;;4*1+1;;;;;;. The molecule has 0 atom stereocenters. The second-order valence-corrected chi connectivity index (χ2v) is 6.44. The van der Waals surface area contributed by atoms with Crippen molar-refractivity contribution in [3.8, 4) is 0 Å². The molecule has 0 bridgehead atoms. The fourth-order valence-corrected chi connectivity index (χ4v) is 0. The average Bonchev–Trinajstić information content (AvgIpc) is 3.02. The fourth-order valence-electron chi connectivity index (χ4n) is 0. The van der Waals surface area contributed by atoms with E-state index in [1.807, 2.05) is 0 Å². The molecule has 0 aliphatic rings. The summed E-state index contributed by atoms with van der Waals surface area (Å²) in [6, 6.07) is 0. The summed E-state index contributed by atoms with van der Waals surface area (Å²) in [6.07, 6.45) is 0. The zero-order chi connectivity index (χ0) is 45.3. The minimum atomic E-state index is -5.17. The predicted molar refractivity (Wildman–Crippen MR) is 307 cm³/mol. The Bertz CT molecular complexity index is 1060. The van der Waals surface area contributed by atoms with Gasteiger partial charge in [0.2, 0.25) is 0 Å². The molecule has 45 nitrogen and oxygen atoms in total. The van der Waals surface area contributed by atoms with Crippen LogP contribution < -0.4 is 1170 Å². The fraction of sp³-hybridized carbons (Fsp3) is 0.765. The van der Waals surface area contributed by atoms with E-state index in [2.05, 4.69) is 39.1 Å². The van der Waals surface area contributed by atoms with Crippen molar-refractivity contribution in [2.24, 2.45) is 0 Å². The Morgan fingerprint density at radius 3 is 0.171 bits per heavy atom. The molecule has 0 fully saturated rings. The number of carbonyl (C=O) groups excluding carboxylic acids is 8. The van der Waals surface area contributed by atoms with E-state index in [1.165, 1.54) is 0 Å². The molecule has 0 amide bonds. The molecule has 0 aromatic heterocycles. The van der Waals surface area contributed by atoms with E-state index in [1.54, 1.807) is 0 Å². The molecule has 0 saturated heterocycles. The third kappa shape index (κ3) is 1580. The minimum Gasteiger partial charge on any atom is -1.00 e. The van der Waals surface area contributed by atoms with E-state index in [0.29, 0.717) is 0 Å². The summed E-state index contributed by atoms with van der Waals surface area (Å²) in [5.74, 6) is 0. The molecule has 588 valence electrons. The normalized spacial score (nSPS) is 3.81. The van der Waals surface area contributed by atoms with Crippen LogP contribution in [0.3, 0.4) is 0 Å². The van der Waals surface area contributed by atoms with E-state index in [9.17, 15) is 0 Å². The zero-order valence-corrected chi connectivity index (χ0v) is 119. The van der Waals surface area contributed by atoms with E-state index >= 15 is 0 Å². The molecule has 0 unspecified atom stereocenters. The number of rotatable bonds is 8. The summed E-state index contributed by atoms with van der Waals surface area (Å²) in [7, 11) is -20.7. The zero-order valence-electron chi connectivity index (χ0n) is 53.1. The van der Waals surface area contributed by atoms with E-state index in [0.717, 1.165) is 0 Å². The first kappa shape index (κ1) is 493. The second kappa shape index (κ2) is 482. The maximum atomic E-state index is 8.64. The van der Waals surface area contributed by atoms with Gasteiger partial charge in [0.15, 0.2) is 0 Å². The smallest absolute Gasteiger partial charge is 1.00 e. The quantitative estimate of drug-likeness (QED) is 0.0544. The van der Waals surface area contributed by atoms with Crippen LogP contribution in [0, 0.1) is 0 Å². The van der Waals surface area contributed by atoms with Gasteiger partial charge < -0.3 is 154 Å². The van der Waals surface area contributed by atoms with Gasteiger partial charge >= 0.3 is 1130 Å². The van der Waals surface area contributed by atoms with Gasteiger partial charge in [-0.05, 0) is 0 Å². The van der Waals surface area contributed by atoms with Crippen molar-refractivity contribution < 1.29 is 1360 Å². The first-order valence-electron chi connectivity index (χ1n) is 7.77. The monoisotopic (exact) mass is 2250 g/mol. The van der Waals surface area contributed by atoms with Crippen molar-refractivity contribution in [3.05, 3.63) is 0 Å². The molecule has 0 aromatic carbocycles. The SMILES string of the molecule is C.C.C.C.C.C.C.C.C.C.C.C.C.C.C.C.C.C.C.C.C.C.C.C.C.C.O.O.O.O.O.O=CO[O-].O=CO[O-].O=CO[O-].O=CO[O-].O=CO[O-].O=CO[O-].O=CO[O-].O=CO[O-].O=S(=O)([O-])[O-].O=S(=O)([O-])[O-].O=S(=O)([O-])[O-].O=S(=O)([O-])[O-].[2HH].[2HH].[2HH].[2HH].[H-].[H-].[H-].[H-].[H-].[H-].[K+].[K+].[K+].[K+].[K+].[K+].[K+].[K+].[K+].[K+].[K+].[K+].[K+].[K+].[K+].[K+].[K+].[K+].[K+].[K+].[K+].[K+]. The molecule has 0 saturated carbocycles. The van der Waals surface area contributed by atoms with E-state index < -0.39 is 41.6 Å². The molecule has 105 heavy (non-hydrogen) atoms. The largest absolute Gasteiger partial charge is 1.00 e. The Balaban J connectivity index is -0.00000000198. The molecular weight excluding hydrogens is 2120 g/mol. The second-order valence-electron chi connectivity index (χ2n) is 3.17. The number of hydrogen-bond acceptors (Lipinski definition) is 40. The Kier molecular flexibility index (Phi) is 2260. The Hall–Kier alpha value is 30.7. The van der Waals surface area contributed by atoms with Crippen LogP contribution in [-0.2, 0) is 119 Å². The molecule has 0 radical (unpaired) electrons. The minimum absolute atomic E-state index is 0. The van der Waals surface area contributed by atoms with Gasteiger partial charge in [-0.2, -0.15) is 0 Å². The van der Waals surface area contributed by atoms with Crippen molar-refractivity contribution in [1.29, 1.82) is 0 Å². The van der Waals surface area contributed by atoms with E-state index in [4.69, 9.17) is 151 Å². The molecule has 71 heteroatoms. The topological polar surface area (TPSA) is 873 Å². The van der Waals surface area contributed by atoms with Crippen molar-refractivity contribution in [1.82, 2.24) is 0 Å². The summed E-state index contributed by atoms with van der Waals surface area (Å²) in [5.41, 5.74) is 0. The van der Waals surface area contributed by atoms with Crippen molar-refractivity contribution >= 4 is 93.4 Å². The van der Waals surface area contributed by atoms with Crippen molar-refractivity contribution in [2.75, 3.05) is 0 Å². The van der Waals surface area contributed by atoms with Crippen LogP contribution in [0.2, 0.25) is 0 Å². The summed E-state index contributed by atoms with van der Waals surface area (Å²) >= 11 is 0. The summed E-state index contributed by atoms with van der Waals surface area (Å²) in [5, 5.41) is 67.4. The molecule has 0 aromatic rings. The first-order chi connectivity index (χ1) is 23.3. The molecule has 0 aliphatic carbocycles. The van der Waals surface area contributed by atoms with E-state index in [-0.39, 0.29) is 1420 Å². The third-order valence-electron chi connectivity index (χ3n) is 0.314. The summed E-state index contributed by atoms with van der Waals surface area (Å²) in [6.45, 7) is -1.44.